The van der Waals surface area contributed by atoms with Crippen molar-refractivity contribution >= 4 is 23.5 Å². The second-order valence-electron chi connectivity index (χ2n) is 4.18. The number of amides is 1. The van der Waals surface area contributed by atoms with E-state index in [1.54, 1.807) is 24.3 Å². The minimum atomic E-state index is -0.475. The van der Waals surface area contributed by atoms with Gasteiger partial charge < -0.3 is 15.4 Å². The minimum Gasteiger partial charge on any atom is -0.465 e. The molecule has 0 aromatic heterocycles. The molecule has 0 spiro atoms. The largest absolute Gasteiger partial charge is 0.465 e. The van der Waals surface area contributed by atoms with Crippen molar-refractivity contribution in [1.29, 1.82) is 5.26 Å². The van der Waals surface area contributed by atoms with Crippen LogP contribution in [0.1, 0.15) is 15.9 Å². The zero-order valence-corrected chi connectivity index (χ0v) is 12.8. The van der Waals surface area contributed by atoms with Gasteiger partial charge in [-0.2, -0.15) is 5.26 Å². The summed E-state index contributed by atoms with van der Waals surface area (Å²) >= 11 is 5.46. The lowest BCUT2D eigenvalue weighted by Crippen LogP contribution is -2.27. The number of nitriles is 1. The molecule has 1 aromatic rings. The van der Waals surface area contributed by atoms with Crippen molar-refractivity contribution in [1.82, 2.24) is 10.6 Å². The molecule has 0 saturated heterocycles. The molecule has 0 heterocycles. The van der Waals surface area contributed by atoms with Crippen molar-refractivity contribution in [3.8, 4) is 6.07 Å². The summed E-state index contributed by atoms with van der Waals surface area (Å²) in [5.41, 5.74) is 1.32. The van der Waals surface area contributed by atoms with Crippen molar-refractivity contribution in [2.45, 2.75) is 6.54 Å². The van der Waals surface area contributed by atoms with Crippen LogP contribution in [-0.4, -0.2) is 31.4 Å². The van der Waals surface area contributed by atoms with Crippen LogP contribution in [-0.2, 0) is 16.1 Å². The highest BCUT2D eigenvalue weighted by Crippen LogP contribution is 2.05. The van der Waals surface area contributed by atoms with E-state index in [-0.39, 0.29) is 11.5 Å². The molecular formula is C15H16ClN3O3. The summed E-state index contributed by atoms with van der Waals surface area (Å²) in [5.74, 6) is -0.594. The van der Waals surface area contributed by atoms with Crippen LogP contribution in [0.3, 0.4) is 0 Å². The van der Waals surface area contributed by atoms with Crippen LogP contribution in [0.15, 0.2) is 36.0 Å². The number of benzene rings is 1. The Hall–Kier alpha value is -2.52. The molecule has 0 atom stereocenters. The number of carbonyl (C=O) groups excluding carboxylic acids is 2. The van der Waals surface area contributed by atoms with E-state index < -0.39 is 11.9 Å². The molecule has 0 fully saturated rings. The molecule has 22 heavy (non-hydrogen) atoms. The van der Waals surface area contributed by atoms with Crippen molar-refractivity contribution in [3.05, 3.63) is 47.2 Å². The molecule has 1 rings (SSSR count). The number of esters is 1. The van der Waals surface area contributed by atoms with Crippen LogP contribution in [0, 0.1) is 11.3 Å². The minimum absolute atomic E-state index is 0.0312. The molecule has 2 N–H and O–H groups in total. The van der Waals surface area contributed by atoms with Crippen LogP contribution in [0.5, 0.6) is 0 Å². The average Bonchev–Trinajstić information content (AvgIpc) is 2.56. The van der Waals surface area contributed by atoms with Gasteiger partial charge >= 0.3 is 5.97 Å². The highest BCUT2D eigenvalue weighted by atomic mass is 35.5. The number of carbonyl (C=O) groups is 2. The Kier molecular flexibility index (Phi) is 7.51. The van der Waals surface area contributed by atoms with Crippen molar-refractivity contribution in [2.24, 2.45) is 0 Å². The first-order valence-corrected chi connectivity index (χ1v) is 7.01. The number of methoxy groups -OCH3 is 1. The van der Waals surface area contributed by atoms with E-state index in [1.165, 1.54) is 13.3 Å². The second-order valence-corrected chi connectivity index (χ2v) is 4.56. The maximum Gasteiger partial charge on any atom is 0.337 e. The van der Waals surface area contributed by atoms with E-state index >= 15 is 0 Å². The van der Waals surface area contributed by atoms with Gasteiger partial charge in [-0.3, -0.25) is 4.79 Å². The van der Waals surface area contributed by atoms with Gasteiger partial charge in [0, 0.05) is 25.2 Å². The molecule has 1 amide bonds. The summed E-state index contributed by atoms with van der Waals surface area (Å²) in [6.45, 7) is 0.712. The average molecular weight is 322 g/mol. The Morgan fingerprint density at radius 3 is 2.59 bits per heavy atom. The Bertz CT molecular complexity index is 591. The van der Waals surface area contributed by atoms with Crippen molar-refractivity contribution in [2.75, 3.05) is 19.5 Å². The summed E-state index contributed by atoms with van der Waals surface area (Å²) in [5, 5.41) is 14.3. The number of ether oxygens (including phenoxy) is 1. The molecule has 0 unspecified atom stereocenters. The number of alkyl halides is 1. The summed E-state index contributed by atoms with van der Waals surface area (Å²) in [7, 11) is 1.32. The fraction of sp³-hybridized carbons (Fsp3) is 0.267. The number of halogens is 1. The van der Waals surface area contributed by atoms with Gasteiger partial charge in [0.25, 0.3) is 5.91 Å². The van der Waals surface area contributed by atoms with Crippen LogP contribution in [0.4, 0.5) is 0 Å². The molecule has 0 radical (unpaired) electrons. The lowest BCUT2D eigenvalue weighted by atomic mass is 10.1. The highest BCUT2D eigenvalue weighted by Gasteiger charge is 2.07. The fourth-order valence-corrected chi connectivity index (χ4v) is 1.65. The van der Waals surface area contributed by atoms with Gasteiger partial charge in [0.2, 0.25) is 0 Å². The Labute approximate surface area is 133 Å². The smallest absolute Gasteiger partial charge is 0.337 e. The standard InChI is InChI=1S/C15H16ClN3O3/c1-22-15(21)12-4-2-11(3-5-12)9-18-10-13(8-17)14(20)19-7-6-16/h2-5,10,18H,6-7,9H2,1H3,(H,19,20)/b13-10-. The summed E-state index contributed by atoms with van der Waals surface area (Å²) < 4.78 is 4.61. The van der Waals surface area contributed by atoms with Gasteiger partial charge in [0.15, 0.2) is 0 Å². The third kappa shape index (κ3) is 5.46. The molecule has 0 bridgehead atoms. The number of hydrogen-bond donors (Lipinski definition) is 2. The maximum absolute atomic E-state index is 11.6. The summed E-state index contributed by atoms with van der Waals surface area (Å²) in [6, 6.07) is 8.61. The van der Waals surface area contributed by atoms with E-state index in [0.29, 0.717) is 18.7 Å². The second kappa shape index (κ2) is 9.42. The third-order valence-corrected chi connectivity index (χ3v) is 2.86. The summed E-state index contributed by atoms with van der Waals surface area (Å²) in [6.07, 6.45) is 1.35. The van der Waals surface area contributed by atoms with Crippen molar-refractivity contribution in [3.63, 3.8) is 0 Å². The Morgan fingerprint density at radius 1 is 1.36 bits per heavy atom. The van der Waals surface area contributed by atoms with Gasteiger partial charge in [0.05, 0.1) is 12.7 Å². The molecule has 7 heteroatoms. The van der Waals surface area contributed by atoms with E-state index in [4.69, 9.17) is 16.9 Å². The monoisotopic (exact) mass is 321 g/mol. The predicted octanol–water partition coefficient (Wildman–Crippen LogP) is 1.33. The maximum atomic E-state index is 11.6. The highest BCUT2D eigenvalue weighted by molar-refractivity contribution is 6.18. The molecule has 6 nitrogen and oxygen atoms in total. The first kappa shape index (κ1) is 17.5. The molecule has 0 aliphatic carbocycles. The SMILES string of the molecule is COC(=O)c1ccc(CN/C=C(/C#N)C(=O)NCCCl)cc1. The zero-order valence-electron chi connectivity index (χ0n) is 12.1. The quantitative estimate of drug-likeness (QED) is 0.342. The van der Waals surface area contributed by atoms with Crippen LogP contribution in [0.2, 0.25) is 0 Å². The van der Waals surface area contributed by atoms with Crippen LogP contribution < -0.4 is 10.6 Å². The number of hydrogen-bond acceptors (Lipinski definition) is 5. The lowest BCUT2D eigenvalue weighted by Gasteiger charge is -2.05. The van der Waals surface area contributed by atoms with E-state index in [1.807, 2.05) is 6.07 Å². The van der Waals surface area contributed by atoms with Gasteiger partial charge in [-0.15, -0.1) is 11.6 Å². The van der Waals surface area contributed by atoms with Crippen LogP contribution in [0.25, 0.3) is 0 Å². The van der Waals surface area contributed by atoms with Crippen molar-refractivity contribution < 1.29 is 14.3 Å². The van der Waals surface area contributed by atoms with Gasteiger partial charge in [-0.25, -0.2) is 4.79 Å². The van der Waals surface area contributed by atoms with E-state index in [9.17, 15) is 9.59 Å². The number of rotatable bonds is 7. The van der Waals surface area contributed by atoms with Gasteiger partial charge in [0.1, 0.15) is 11.6 Å². The van der Waals surface area contributed by atoms with E-state index in [2.05, 4.69) is 15.4 Å². The molecule has 1 aromatic carbocycles. The Balaban J connectivity index is 2.58. The summed E-state index contributed by atoms with van der Waals surface area (Å²) in [4.78, 5) is 22.9. The number of nitrogens with one attached hydrogen (secondary N) is 2. The molecule has 0 aliphatic heterocycles. The number of nitrogens with zero attached hydrogens (tertiary/aromatic N) is 1. The topological polar surface area (TPSA) is 91.2 Å². The molecule has 0 saturated carbocycles. The predicted molar refractivity (Wildman–Crippen MR) is 82.0 cm³/mol. The normalized spacial score (nSPS) is 10.5. The lowest BCUT2D eigenvalue weighted by molar-refractivity contribution is -0.117. The molecule has 116 valence electrons. The Morgan fingerprint density at radius 2 is 2.05 bits per heavy atom. The molecular weight excluding hydrogens is 306 g/mol. The third-order valence-electron chi connectivity index (χ3n) is 2.67. The van der Waals surface area contributed by atoms with E-state index in [0.717, 1.165) is 5.56 Å². The first-order chi connectivity index (χ1) is 10.6. The fourth-order valence-electron chi connectivity index (χ4n) is 1.55. The molecule has 0 aliphatic rings. The van der Waals surface area contributed by atoms with Crippen LogP contribution >= 0.6 is 11.6 Å². The zero-order chi connectivity index (χ0) is 16.4. The van der Waals surface area contributed by atoms with Gasteiger partial charge in [-0.1, -0.05) is 12.1 Å². The van der Waals surface area contributed by atoms with Gasteiger partial charge in [-0.05, 0) is 17.7 Å². The first-order valence-electron chi connectivity index (χ1n) is 6.47.